The highest BCUT2D eigenvalue weighted by Crippen LogP contribution is 2.25. The highest BCUT2D eigenvalue weighted by molar-refractivity contribution is 5.96. The molecule has 2 N–H and O–H groups in total. The highest BCUT2D eigenvalue weighted by atomic mass is 16.2. The minimum absolute atomic E-state index is 0.139. The standard InChI is InChI=1S/C16H24N2O/c1-11-7-8-15(12(2)9-11)16(19)18-13(3)5-4-6-14(18)10-17/h7-9,13-14H,4-6,10,17H2,1-3H3. The predicted molar refractivity (Wildman–Crippen MR) is 78.2 cm³/mol. The lowest BCUT2D eigenvalue weighted by atomic mass is 9.94. The molecule has 2 unspecified atom stereocenters. The lowest BCUT2D eigenvalue weighted by Gasteiger charge is -2.40. The maximum absolute atomic E-state index is 12.8. The molecule has 0 aromatic heterocycles. The monoisotopic (exact) mass is 260 g/mol. The van der Waals surface area contributed by atoms with Gasteiger partial charge in [-0.3, -0.25) is 4.79 Å². The number of nitrogens with two attached hydrogens (primary N) is 1. The van der Waals surface area contributed by atoms with Crippen molar-refractivity contribution in [2.45, 2.75) is 52.1 Å². The summed E-state index contributed by atoms with van der Waals surface area (Å²) in [6.45, 7) is 6.74. The summed E-state index contributed by atoms with van der Waals surface area (Å²) < 4.78 is 0. The summed E-state index contributed by atoms with van der Waals surface area (Å²) in [6, 6.07) is 6.50. The smallest absolute Gasteiger partial charge is 0.254 e. The van der Waals surface area contributed by atoms with Gasteiger partial charge < -0.3 is 10.6 Å². The van der Waals surface area contributed by atoms with Crippen LogP contribution in [0.15, 0.2) is 18.2 Å². The normalized spacial score (nSPS) is 23.5. The number of hydrogen-bond donors (Lipinski definition) is 1. The van der Waals surface area contributed by atoms with E-state index in [0.717, 1.165) is 24.0 Å². The summed E-state index contributed by atoms with van der Waals surface area (Å²) in [5.41, 5.74) is 8.90. The third kappa shape index (κ3) is 2.81. The van der Waals surface area contributed by atoms with Gasteiger partial charge in [-0.1, -0.05) is 17.7 Å². The van der Waals surface area contributed by atoms with E-state index in [1.165, 1.54) is 12.0 Å². The SMILES string of the molecule is Cc1ccc(C(=O)N2C(C)CCCC2CN)c(C)c1. The number of aryl methyl sites for hydroxylation is 2. The van der Waals surface area contributed by atoms with Crippen molar-refractivity contribution < 1.29 is 4.79 Å². The summed E-state index contributed by atoms with van der Waals surface area (Å²) in [7, 11) is 0. The van der Waals surface area contributed by atoms with Crippen LogP contribution in [0.2, 0.25) is 0 Å². The average Bonchev–Trinajstić information content (AvgIpc) is 2.37. The number of likely N-dealkylation sites (tertiary alicyclic amines) is 1. The molecule has 3 heteroatoms. The first-order chi connectivity index (χ1) is 9.04. The van der Waals surface area contributed by atoms with Crippen LogP contribution in [-0.4, -0.2) is 29.4 Å². The number of hydrogen-bond acceptors (Lipinski definition) is 2. The molecule has 1 aliphatic rings. The molecule has 1 saturated heterocycles. The van der Waals surface area contributed by atoms with Crippen molar-refractivity contribution >= 4 is 5.91 Å². The molecule has 1 heterocycles. The van der Waals surface area contributed by atoms with E-state index in [2.05, 4.69) is 13.0 Å². The molecule has 1 fully saturated rings. The van der Waals surface area contributed by atoms with Gasteiger partial charge in [0.2, 0.25) is 0 Å². The van der Waals surface area contributed by atoms with Crippen LogP contribution >= 0.6 is 0 Å². The molecule has 2 atom stereocenters. The number of rotatable bonds is 2. The van der Waals surface area contributed by atoms with Gasteiger partial charge in [-0.2, -0.15) is 0 Å². The Morgan fingerprint density at radius 1 is 1.37 bits per heavy atom. The second-order valence-electron chi connectivity index (χ2n) is 5.70. The number of carbonyl (C=O) groups excluding carboxylic acids is 1. The molecule has 1 aromatic carbocycles. The fraction of sp³-hybridized carbons (Fsp3) is 0.562. The number of benzene rings is 1. The number of amides is 1. The summed E-state index contributed by atoms with van der Waals surface area (Å²) >= 11 is 0. The number of nitrogens with zero attached hydrogens (tertiary/aromatic N) is 1. The summed E-state index contributed by atoms with van der Waals surface area (Å²) in [4.78, 5) is 14.8. The van der Waals surface area contributed by atoms with Crippen LogP contribution in [0.4, 0.5) is 0 Å². The topological polar surface area (TPSA) is 46.3 Å². The Morgan fingerprint density at radius 2 is 2.11 bits per heavy atom. The van der Waals surface area contributed by atoms with E-state index in [1.807, 2.05) is 30.9 Å². The maximum Gasteiger partial charge on any atom is 0.254 e. The zero-order valence-corrected chi connectivity index (χ0v) is 12.1. The molecule has 0 spiro atoms. The Bertz CT molecular complexity index is 470. The van der Waals surface area contributed by atoms with Crippen LogP contribution < -0.4 is 5.73 Å². The third-order valence-electron chi connectivity index (χ3n) is 4.15. The van der Waals surface area contributed by atoms with Gasteiger partial charge in [0, 0.05) is 24.2 Å². The van der Waals surface area contributed by atoms with Gasteiger partial charge in [0.05, 0.1) is 0 Å². The van der Waals surface area contributed by atoms with Gasteiger partial charge in [0.1, 0.15) is 0 Å². The molecule has 0 saturated carbocycles. The van der Waals surface area contributed by atoms with Crippen molar-refractivity contribution in [1.82, 2.24) is 4.90 Å². The van der Waals surface area contributed by atoms with Crippen molar-refractivity contribution in [3.8, 4) is 0 Å². The lowest BCUT2D eigenvalue weighted by molar-refractivity contribution is 0.0493. The minimum Gasteiger partial charge on any atom is -0.332 e. The molecule has 0 bridgehead atoms. The van der Waals surface area contributed by atoms with Crippen molar-refractivity contribution in [3.05, 3.63) is 34.9 Å². The Labute approximate surface area is 115 Å². The van der Waals surface area contributed by atoms with Crippen LogP contribution in [0.25, 0.3) is 0 Å². The fourth-order valence-electron chi connectivity index (χ4n) is 3.08. The molecule has 0 aliphatic carbocycles. The van der Waals surface area contributed by atoms with Gasteiger partial charge in [0.15, 0.2) is 0 Å². The number of carbonyl (C=O) groups is 1. The van der Waals surface area contributed by atoms with Gasteiger partial charge in [-0.25, -0.2) is 0 Å². The van der Waals surface area contributed by atoms with E-state index in [0.29, 0.717) is 6.54 Å². The van der Waals surface area contributed by atoms with Gasteiger partial charge >= 0.3 is 0 Å². The van der Waals surface area contributed by atoms with Crippen LogP contribution in [0.1, 0.15) is 47.7 Å². The highest BCUT2D eigenvalue weighted by Gasteiger charge is 2.31. The Kier molecular flexibility index (Phi) is 4.25. The minimum atomic E-state index is 0.139. The third-order valence-corrected chi connectivity index (χ3v) is 4.15. The molecule has 2 rings (SSSR count). The second-order valence-corrected chi connectivity index (χ2v) is 5.70. The van der Waals surface area contributed by atoms with Crippen LogP contribution in [-0.2, 0) is 0 Å². The van der Waals surface area contributed by atoms with E-state index >= 15 is 0 Å². The zero-order chi connectivity index (χ0) is 14.0. The van der Waals surface area contributed by atoms with Crippen LogP contribution in [0.3, 0.4) is 0 Å². The fourth-order valence-corrected chi connectivity index (χ4v) is 3.08. The van der Waals surface area contributed by atoms with E-state index in [1.54, 1.807) is 0 Å². The molecule has 0 radical (unpaired) electrons. The first-order valence-corrected chi connectivity index (χ1v) is 7.14. The average molecular weight is 260 g/mol. The summed E-state index contributed by atoms with van der Waals surface area (Å²) in [5, 5.41) is 0. The van der Waals surface area contributed by atoms with Crippen molar-refractivity contribution in [3.63, 3.8) is 0 Å². The molecule has 104 valence electrons. The summed E-state index contributed by atoms with van der Waals surface area (Å²) in [6.07, 6.45) is 3.27. The first kappa shape index (κ1) is 14.1. The molecular weight excluding hydrogens is 236 g/mol. The Balaban J connectivity index is 2.30. The van der Waals surface area contributed by atoms with Crippen LogP contribution in [0.5, 0.6) is 0 Å². The quantitative estimate of drug-likeness (QED) is 0.888. The van der Waals surface area contributed by atoms with E-state index < -0.39 is 0 Å². The number of piperidine rings is 1. The molecule has 19 heavy (non-hydrogen) atoms. The maximum atomic E-state index is 12.8. The Morgan fingerprint density at radius 3 is 2.74 bits per heavy atom. The van der Waals surface area contributed by atoms with E-state index in [-0.39, 0.29) is 18.0 Å². The van der Waals surface area contributed by atoms with Crippen molar-refractivity contribution in [1.29, 1.82) is 0 Å². The van der Waals surface area contributed by atoms with Gasteiger partial charge in [0.25, 0.3) is 5.91 Å². The first-order valence-electron chi connectivity index (χ1n) is 7.14. The van der Waals surface area contributed by atoms with E-state index in [4.69, 9.17) is 5.73 Å². The van der Waals surface area contributed by atoms with Crippen molar-refractivity contribution in [2.75, 3.05) is 6.54 Å². The summed E-state index contributed by atoms with van der Waals surface area (Å²) in [5.74, 6) is 0.139. The van der Waals surface area contributed by atoms with Crippen LogP contribution in [0, 0.1) is 13.8 Å². The lowest BCUT2D eigenvalue weighted by Crippen LogP contribution is -2.52. The van der Waals surface area contributed by atoms with E-state index in [9.17, 15) is 4.79 Å². The Hall–Kier alpha value is -1.35. The zero-order valence-electron chi connectivity index (χ0n) is 12.1. The molecule has 3 nitrogen and oxygen atoms in total. The largest absolute Gasteiger partial charge is 0.332 e. The van der Waals surface area contributed by atoms with Crippen molar-refractivity contribution in [2.24, 2.45) is 5.73 Å². The second kappa shape index (κ2) is 5.74. The predicted octanol–water partition coefficient (Wildman–Crippen LogP) is 2.65. The van der Waals surface area contributed by atoms with Gasteiger partial charge in [-0.15, -0.1) is 0 Å². The molecule has 1 aliphatic heterocycles. The molecule has 1 amide bonds. The van der Waals surface area contributed by atoms with Gasteiger partial charge in [-0.05, 0) is 51.7 Å². The molecule has 1 aromatic rings. The molecular formula is C16H24N2O.